The predicted octanol–water partition coefficient (Wildman–Crippen LogP) is 1.70. The van der Waals surface area contributed by atoms with Crippen LogP contribution < -0.4 is 5.56 Å². The van der Waals surface area contributed by atoms with E-state index in [4.69, 9.17) is 0 Å². The minimum Gasteiger partial charge on any atom is -0.351 e. The maximum atomic E-state index is 12.4. The van der Waals surface area contributed by atoms with Gasteiger partial charge in [-0.1, -0.05) is 0 Å². The monoisotopic (exact) mass is 273 g/mol. The molecule has 0 aromatic carbocycles. The van der Waals surface area contributed by atoms with Gasteiger partial charge < -0.3 is 4.57 Å². The third-order valence-electron chi connectivity index (χ3n) is 3.70. The van der Waals surface area contributed by atoms with E-state index in [1.165, 1.54) is 10.6 Å². The van der Waals surface area contributed by atoms with Crippen molar-refractivity contribution in [3.8, 4) is 0 Å². The third kappa shape index (κ3) is 2.43. The van der Waals surface area contributed by atoms with Gasteiger partial charge in [0.25, 0.3) is 5.56 Å². The number of carbonyl (C=O) groups excluding carboxylic acids is 1. The largest absolute Gasteiger partial charge is 0.351 e. The highest BCUT2D eigenvalue weighted by Crippen LogP contribution is 2.14. The molecule has 2 aromatic rings. The number of ketones is 1. The van der Waals surface area contributed by atoms with E-state index in [2.05, 4.69) is 4.98 Å². The molecule has 0 saturated carbocycles. The first-order valence-electron chi connectivity index (χ1n) is 6.52. The Morgan fingerprint density at radius 3 is 2.35 bits per heavy atom. The molecule has 0 N–H and O–H groups in total. The van der Waals surface area contributed by atoms with Gasteiger partial charge in [-0.25, -0.2) is 4.98 Å². The Bertz CT molecular complexity index is 738. The van der Waals surface area contributed by atoms with Gasteiger partial charge in [-0.3, -0.25) is 14.2 Å². The molecule has 0 amide bonds. The molecule has 5 heteroatoms. The van der Waals surface area contributed by atoms with Crippen molar-refractivity contribution in [3.63, 3.8) is 0 Å². The van der Waals surface area contributed by atoms with Crippen LogP contribution in [0.5, 0.6) is 0 Å². The Morgan fingerprint density at radius 1 is 1.20 bits per heavy atom. The minimum atomic E-state index is -0.186. The number of carbonyl (C=O) groups is 1. The first-order chi connectivity index (χ1) is 9.31. The second-order valence-corrected chi connectivity index (χ2v) is 5.14. The van der Waals surface area contributed by atoms with Gasteiger partial charge in [0.1, 0.15) is 5.82 Å². The second-order valence-electron chi connectivity index (χ2n) is 5.14. The fraction of sp³-hybridized carbons (Fsp3) is 0.400. The summed E-state index contributed by atoms with van der Waals surface area (Å²) in [6, 6.07) is 3.31. The van der Waals surface area contributed by atoms with Crippen molar-refractivity contribution in [1.29, 1.82) is 0 Å². The zero-order valence-electron chi connectivity index (χ0n) is 12.5. The van der Waals surface area contributed by atoms with E-state index in [0.29, 0.717) is 17.1 Å². The van der Waals surface area contributed by atoms with Crippen LogP contribution in [0.2, 0.25) is 0 Å². The quantitative estimate of drug-likeness (QED) is 0.800. The summed E-state index contributed by atoms with van der Waals surface area (Å²) < 4.78 is 3.38. The lowest BCUT2D eigenvalue weighted by Gasteiger charge is -2.09. The van der Waals surface area contributed by atoms with Crippen molar-refractivity contribution < 1.29 is 4.79 Å². The lowest BCUT2D eigenvalue weighted by atomic mass is 10.1. The first-order valence-corrected chi connectivity index (χ1v) is 6.52. The molecule has 20 heavy (non-hydrogen) atoms. The van der Waals surface area contributed by atoms with E-state index in [1.54, 1.807) is 13.8 Å². The fourth-order valence-corrected chi connectivity index (χ4v) is 2.32. The highest BCUT2D eigenvalue weighted by molar-refractivity contribution is 5.97. The zero-order valence-corrected chi connectivity index (χ0v) is 12.5. The van der Waals surface area contributed by atoms with Crippen molar-refractivity contribution in [3.05, 3.63) is 51.0 Å². The maximum Gasteiger partial charge on any atom is 0.254 e. The molecule has 0 fully saturated rings. The Kier molecular flexibility index (Phi) is 3.61. The fourth-order valence-electron chi connectivity index (χ4n) is 2.32. The highest BCUT2D eigenvalue weighted by Gasteiger charge is 2.16. The molecule has 0 aliphatic carbocycles. The number of hydrogen-bond acceptors (Lipinski definition) is 3. The van der Waals surface area contributed by atoms with E-state index in [9.17, 15) is 9.59 Å². The molecule has 2 aromatic heterocycles. The summed E-state index contributed by atoms with van der Waals surface area (Å²) in [5, 5.41) is 0. The summed E-state index contributed by atoms with van der Waals surface area (Å²) >= 11 is 0. The molecular weight excluding hydrogens is 254 g/mol. The molecule has 0 spiro atoms. The van der Waals surface area contributed by atoms with Gasteiger partial charge in [0.05, 0.1) is 6.54 Å². The molecule has 0 atom stereocenters. The Balaban J connectivity index is 2.38. The minimum absolute atomic E-state index is 0.0300. The molecule has 5 nitrogen and oxygen atoms in total. The van der Waals surface area contributed by atoms with Crippen LogP contribution in [0, 0.1) is 27.7 Å². The molecule has 0 bridgehead atoms. The molecule has 0 aliphatic heterocycles. The van der Waals surface area contributed by atoms with Gasteiger partial charge in [-0.15, -0.1) is 0 Å². The summed E-state index contributed by atoms with van der Waals surface area (Å²) in [6.07, 6.45) is 0. The van der Waals surface area contributed by atoms with Gasteiger partial charge in [0.15, 0.2) is 5.78 Å². The molecule has 0 aliphatic rings. The van der Waals surface area contributed by atoms with Crippen LogP contribution in [0.1, 0.15) is 33.3 Å². The van der Waals surface area contributed by atoms with Crippen molar-refractivity contribution in [2.24, 2.45) is 7.05 Å². The zero-order chi connectivity index (χ0) is 15.0. The van der Waals surface area contributed by atoms with Crippen LogP contribution in [0.25, 0.3) is 0 Å². The lowest BCUT2D eigenvalue weighted by Crippen LogP contribution is -2.27. The van der Waals surface area contributed by atoms with E-state index in [1.807, 2.05) is 31.5 Å². The summed E-state index contributed by atoms with van der Waals surface area (Å²) in [5.74, 6) is 0.496. The maximum absolute atomic E-state index is 12.4. The first kappa shape index (κ1) is 14.2. The number of rotatable bonds is 3. The van der Waals surface area contributed by atoms with Crippen LogP contribution in [0.3, 0.4) is 0 Å². The van der Waals surface area contributed by atoms with Crippen LogP contribution in [0.4, 0.5) is 0 Å². The average molecular weight is 273 g/mol. The Morgan fingerprint density at radius 2 is 1.85 bits per heavy atom. The van der Waals surface area contributed by atoms with Crippen molar-refractivity contribution in [1.82, 2.24) is 14.1 Å². The smallest absolute Gasteiger partial charge is 0.254 e. The molecule has 2 rings (SSSR count). The lowest BCUT2D eigenvalue weighted by molar-refractivity contribution is 0.0968. The number of hydrogen-bond donors (Lipinski definition) is 0. The topological polar surface area (TPSA) is 56.9 Å². The van der Waals surface area contributed by atoms with Crippen LogP contribution in [0.15, 0.2) is 16.9 Å². The predicted molar refractivity (Wildman–Crippen MR) is 77.2 cm³/mol. The number of aryl methyl sites for hydroxylation is 3. The van der Waals surface area contributed by atoms with Crippen LogP contribution >= 0.6 is 0 Å². The standard InChI is InChI=1S/C15H19N3O2/c1-9-6-15(20)18(12(4)16-9)8-14(19)13-7-10(2)17(5)11(13)3/h6-7H,8H2,1-5H3. The molecule has 0 saturated heterocycles. The molecule has 106 valence electrons. The van der Waals surface area contributed by atoms with Crippen molar-refractivity contribution >= 4 is 5.78 Å². The second kappa shape index (κ2) is 5.07. The molecule has 2 heterocycles. The van der Waals surface area contributed by atoms with E-state index >= 15 is 0 Å². The van der Waals surface area contributed by atoms with Gasteiger partial charge in [-0.2, -0.15) is 0 Å². The molecule has 0 unspecified atom stereocenters. The van der Waals surface area contributed by atoms with Gasteiger partial charge in [0.2, 0.25) is 0 Å². The number of aromatic nitrogens is 3. The van der Waals surface area contributed by atoms with E-state index in [-0.39, 0.29) is 17.9 Å². The van der Waals surface area contributed by atoms with Crippen LogP contribution in [-0.2, 0) is 13.6 Å². The van der Waals surface area contributed by atoms with E-state index in [0.717, 1.165) is 11.4 Å². The highest BCUT2D eigenvalue weighted by atomic mass is 16.1. The average Bonchev–Trinajstić information content (AvgIpc) is 2.61. The van der Waals surface area contributed by atoms with Crippen molar-refractivity contribution in [2.75, 3.05) is 0 Å². The summed E-state index contributed by atoms with van der Waals surface area (Å²) in [7, 11) is 1.92. The number of nitrogens with zero attached hydrogens (tertiary/aromatic N) is 3. The molecule has 0 radical (unpaired) electrons. The summed E-state index contributed by atoms with van der Waals surface area (Å²) in [6.45, 7) is 7.40. The Labute approximate surface area is 117 Å². The summed E-state index contributed by atoms with van der Waals surface area (Å²) in [4.78, 5) is 28.6. The van der Waals surface area contributed by atoms with Gasteiger partial charge in [0, 0.05) is 35.8 Å². The van der Waals surface area contributed by atoms with E-state index < -0.39 is 0 Å². The van der Waals surface area contributed by atoms with Gasteiger partial charge in [-0.05, 0) is 33.8 Å². The van der Waals surface area contributed by atoms with Crippen LogP contribution in [-0.4, -0.2) is 19.9 Å². The van der Waals surface area contributed by atoms with Gasteiger partial charge >= 0.3 is 0 Å². The number of Topliss-reactive ketones (excluding diaryl/α,β-unsaturated/α-hetero) is 1. The Hall–Kier alpha value is -2.17. The summed E-state index contributed by atoms with van der Waals surface area (Å²) in [5.41, 5.74) is 3.09. The SMILES string of the molecule is Cc1cc(=O)n(CC(=O)c2cc(C)n(C)c2C)c(C)n1. The normalized spacial score (nSPS) is 10.8. The third-order valence-corrected chi connectivity index (χ3v) is 3.70. The molecular formula is C15H19N3O2. The van der Waals surface area contributed by atoms with Crippen molar-refractivity contribution in [2.45, 2.75) is 34.2 Å².